The summed E-state index contributed by atoms with van der Waals surface area (Å²) in [7, 11) is 1.70. The van der Waals surface area contributed by atoms with Gasteiger partial charge >= 0.3 is 0 Å². The first kappa shape index (κ1) is 20.3. The van der Waals surface area contributed by atoms with Gasteiger partial charge in [-0.2, -0.15) is 10.5 Å². The number of nitrogens with one attached hydrogen (secondary N) is 1. The molecule has 5 aromatic rings. The maximum atomic E-state index is 13.8. The zero-order chi connectivity index (χ0) is 23.1. The molecule has 0 unspecified atom stereocenters. The Bertz CT molecular complexity index is 1690. The van der Waals surface area contributed by atoms with E-state index in [9.17, 15) is 15.3 Å². The Morgan fingerprint density at radius 1 is 1.03 bits per heavy atom. The summed E-state index contributed by atoms with van der Waals surface area (Å²) in [5.74, 6) is 0.674. The van der Waals surface area contributed by atoms with Crippen LogP contribution in [0.25, 0.3) is 27.5 Å². The largest absolute Gasteiger partial charge is 0.345 e. The van der Waals surface area contributed by atoms with Crippen LogP contribution in [0, 0.1) is 22.7 Å². The SMILES string of the molecule is CN(c1ncnc2[nH]cc(C#N)c12)c1c(C#N)c2cccc(Cl)c2c(=O)n1-c1ccccc1. The number of H-pyrrole nitrogens is 1. The highest BCUT2D eigenvalue weighted by Crippen LogP contribution is 2.36. The monoisotopic (exact) mass is 451 g/mol. The van der Waals surface area contributed by atoms with Crippen molar-refractivity contribution in [2.24, 2.45) is 0 Å². The minimum Gasteiger partial charge on any atom is -0.345 e. The maximum Gasteiger partial charge on any atom is 0.266 e. The number of para-hydroxylation sites is 1. The molecule has 0 atom stereocenters. The number of hydrogen-bond donors (Lipinski definition) is 1. The number of anilines is 2. The minimum atomic E-state index is -0.373. The van der Waals surface area contributed by atoms with Crippen molar-refractivity contribution in [2.45, 2.75) is 0 Å². The van der Waals surface area contributed by atoms with Gasteiger partial charge in [-0.05, 0) is 18.2 Å². The number of hydrogen-bond acceptors (Lipinski definition) is 6. The van der Waals surface area contributed by atoms with Gasteiger partial charge in [0, 0.05) is 18.6 Å². The van der Waals surface area contributed by atoms with Crippen molar-refractivity contribution in [3.05, 3.63) is 87.6 Å². The van der Waals surface area contributed by atoms with Gasteiger partial charge in [-0.25, -0.2) is 9.97 Å². The molecule has 3 aromatic heterocycles. The van der Waals surface area contributed by atoms with E-state index in [0.29, 0.717) is 39.3 Å². The van der Waals surface area contributed by atoms with Crippen LogP contribution in [0.15, 0.2) is 65.8 Å². The molecule has 0 aliphatic rings. The van der Waals surface area contributed by atoms with Gasteiger partial charge in [0.1, 0.15) is 41.3 Å². The van der Waals surface area contributed by atoms with E-state index in [0.717, 1.165) is 0 Å². The first-order valence-electron chi connectivity index (χ1n) is 9.85. The molecule has 0 saturated heterocycles. The van der Waals surface area contributed by atoms with Crippen molar-refractivity contribution in [1.82, 2.24) is 19.5 Å². The third-order valence-corrected chi connectivity index (χ3v) is 5.78. The second-order valence-electron chi connectivity index (χ2n) is 7.24. The Morgan fingerprint density at radius 2 is 1.82 bits per heavy atom. The number of fused-ring (bicyclic) bond motifs is 2. The van der Waals surface area contributed by atoms with Gasteiger partial charge in [-0.3, -0.25) is 9.36 Å². The number of aromatic nitrogens is 4. The lowest BCUT2D eigenvalue weighted by molar-refractivity contribution is 0.948. The van der Waals surface area contributed by atoms with Crippen molar-refractivity contribution >= 4 is 45.0 Å². The van der Waals surface area contributed by atoms with E-state index >= 15 is 0 Å². The summed E-state index contributed by atoms with van der Waals surface area (Å²) in [4.78, 5) is 26.9. The van der Waals surface area contributed by atoms with Crippen molar-refractivity contribution < 1.29 is 0 Å². The predicted octanol–water partition coefficient (Wildman–Crippen LogP) is 4.43. The van der Waals surface area contributed by atoms with E-state index in [2.05, 4.69) is 27.1 Å². The standard InChI is InChI=1S/C24H14ClN7O/c1-31(22-19-14(10-26)12-28-21(19)29-13-30-22)23-17(11-27)16-8-5-9-18(25)20(16)24(33)32(23)15-6-3-2-4-7-15/h2-9,12-13H,1H3,(H,28,29,30). The Kier molecular flexibility index (Phi) is 4.78. The summed E-state index contributed by atoms with van der Waals surface area (Å²) in [5.41, 5.74) is 1.26. The molecule has 2 aromatic carbocycles. The van der Waals surface area contributed by atoms with E-state index in [4.69, 9.17) is 11.6 Å². The molecule has 0 aliphatic heterocycles. The van der Waals surface area contributed by atoms with Crippen molar-refractivity contribution in [1.29, 1.82) is 10.5 Å². The molecule has 0 amide bonds. The molecule has 3 heterocycles. The third kappa shape index (κ3) is 3.01. The highest BCUT2D eigenvalue weighted by atomic mass is 35.5. The van der Waals surface area contributed by atoms with E-state index < -0.39 is 0 Å². The maximum absolute atomic E-state index is 13.8. The Morgan fingerprint density at radius 3 is 2.55 bits per heavy atom. The zero-order valence-corrected chi connectivity index (χ0v) is 18.0. The second kappa shape index (κ2) is 7.79. The molecule has 0 spiro atoms. The molecule has 0 bridgehead atoms. The smallest absolute Gasteiger partial charge is 0.266 e. The number of pyridine rings is 1. The predicted molar refractivity (Wildman–Crippen MR) is 126 cm³/mol. The molecule has 8 nitrogen and oxygen atoms in total. The number of benzene rings is 2. The molecular formula is C24H14ClN7O. The normalized spacial score (nSPS) is 10.8. The summed E-state index contributed by atoms with van der Waals surface area (Å²) in [6.07, 6.45) is 2.91. The molecule has 0 aliphatic carbocycles. The van der Waals surface area contributed by atoms with Crippen molar-refractivity contribution in [3.63, 3.8) is 0 Å². The number of halogens is 1. The second-order valence-corrected chi connectivity index (χ2v) is 7.65. The quantitative estimate of drug-likeness (QED) is 0.434. The third-order valence-electron chi connectivity index (χ3n) is 5.47. The molecule has 5 rings (SSSR count). The van der Waals surface area contributed by atoms with E-state index in [1.807, 2.05) is 6.07 Å². The van der Waals surface area contributed by atoms with Gasteiger partial charge in [-0.15, -0.1) is 0 Å². The van der Waals surface area contributed by atoms with E-state index in [-0.39, 0.29) is 21.5 Å². The van der Waals surface area contributed by atoms with Crippen LogP contribution in [0.5, 0.6) is 0 Å². The van der Waals surface area contributed by atoms with Gasteiger partial charge in [0.15, 0.2) is 0 Å². The summed E-state index contributed by atoms with van der Waals surface area (Å²) in [6, 6.07) is 18.4. The van der Waals surface area contributed by atoms with Gasteiger partial charge in [0.25, 0.3) is 5.56 Å². The fourth-order valence-corrected chi connectivity index (χ4v) is 4.28. The number of nitrogens with zero attached hydrogens (tertiary/aromatic N) is 6. The summed E-state index contributed by atoms with van der Waals surface area (Å²) < 4.78 is 1.44. The van der Waals surface area contributed by atoms with Crippen LogP contribution in [0.4, 0.5) is 11.6 Å². The fourth-order valence-electron chi connectivity index (χ4n) is 4.02. The fraction of sp³-hybridized carbons (Fsp3) is 0.0417. The summed E-state index contributed by atoms with van der Waals surface area (Å²) in [5, 5.41) is 21.2. The van der Waals surface area contributed by atoms with Crippen LogP contribution >= 0.6 is 11.6 Å². The molecule has 1 N–H and O–H groups in total. The van der Waals surface area contributed by atoms with Crippen molar-refractivity contribution in [3.8, 4) is 17.8 Å². The Hall–Kier alpha value is -4.66. The molecule has 0 fully saturated rings. The van der Waals surface area contributed by atoms with Crippen LogP contribution in [0.1, 0.15) is 11.1 Å². The zero-order valence-electron chi connectivity index (χ0n) is 17.2. The van der Waals surface area contributed by atoms with Crippen molar-refractivity contribution in [2.75, 3.05) is 11.9 Å². The average Bonchev–Trinajstić information content (AvgIpc) is 3.27. The summed E-state index contributed by atoms with van der Waals surface area (Å²) >= 11 is 6.41. The number of nitriles is 2. The molecule has 158 valence electrons. The van der Waals surface area contributed by atoms with Crippen LogP contribution in [-0.4, -0.2) is 26.6 Å². The van der Waals surface area contributed by atoms with Gasteiger partial charge < -0.3 is 9.88 Å². The lowest BCUT2D eigenvalue weighted by Crippen LogP contribution is -2.28. The van der Waals surface area contributed by atoms with Crippen LogP contribution in [-0.2, 0) is 0 Å². The van der Waals surface area contributed by atoms with Gasteiger partial charge in [0.2, 0.25) is 0 Å². The average molecular weight is 452 g/mol. The first-order chi connectivity index (χ1) is 16.1. The Labute approximate surface area is 192 Å². The summed E-state index contributed by atoms with van der Waals surface area (Å²) in [6.45, 7) is 0. The van der Waals surface area contributed by atoms with Crippen LogP contribution < -0.4 is 10.5 Å². The lowest BCUT2D eigenvalue weighted by Gasteiger charge is -2.25. The molecular weight excluding hydrogens is 438 g/mol. The highest BCUT2D eigenvalue weighted by molar-refractivity contribution is 6.35. The van der Waals surface area contributed by atoms with E-state index in [1.54, 1.807) is 60.6 Å². The number of aromatic amines is 1. The Balaban J connectivity index is 1.95. The molecule has 0 saturated carbocycles. The van der Waals surface area contributed by atoms with Gasteiger partial charge in [0.05, 0.1) is 27.0 Å². The minimum absolute atomic E-state index is 0.249. The topological polar surface area (TPSA) is 114 Å². The van der Waals surface area contributed by atoms with Crippen LogP contribution in [0.2, 0.25) is 5.02 Å². The first-order valence-corrected chi connectivity index (χ1v) is 10.2. The van der Waals surface area contributed by atoms with Crippen LogP contribution in [0.3, 0.4) is 0 Å². The molecule has 33 heavy (non-hydrogen) atoms. The van der Waals surface area contributed by atoms with Gasteiger partial charge in [-0.1, -0.05) is 41.9 Å². The highest BCUT2D eigenvalue weighted by Gasteiger charge is 2.25. The van der Waals surface area contributed by atoms with E-state index in [1.165, 1.54) is 10.9 Å². The molecule has 9 heteroatoms. The molecule has 0 radical (unpaired) electrons. The number of rotatable bonds is 3. The lowest BCUT2D eigenvalue weighted by atomic mass is 10.1.